The molecule has 0 aromatic carbocycles. The second kappa shape index (κ2) is 8.49. The van der Waals surface area contributed by atoms with Crippen LogP contribution in [-0.4, -0.2) is 32.9 Å². The van der Waals surface area contributed by atoms with Crippen LogP contribution in [-0.2, 0) is 0 Å². The summed E-state index contributed by atoms with van der Waals surface area (Å²) < 4.78 is 0. The highest BCUT2D eigenvalue weighted by atomic mass is 16.1. The summed E-state index contributed by atoms with van der Waals surface area (Å²) in [6.07, 6.45) is 11.9. The zero-order valence-corrected chi connectivity index (χ0v) is 17.8. The topological polar surface area (TPSA) is 91.8 Å². The van der Waals surface area contributed by atoms with E-state index in [0.717, 1.165) is 48.2 Å². The van der Waals surface area contributed by atoms with Crippen LogP contribution in [0, 0.1) is 5.92 Å². The number of fused-ring (bicyclic) bond motifs is 1. The zero-order valence-electron chi connectivity index (χ0n) is 17.8. The van der Waals surface area contributed by atoms with Crippen LogP contribution >= 0.6 is 0 Å². The van der Waals surface area contributed by atoms with Crippen molar-refractivity contribution < 1.29 is 4.79 Å². The van der Waals surface area contributed by atoms with Gasteiger partial charge in [-0.05, 0) is 62.6 Å². The van der Waals surface area contributed by atoms with Crippen LogP contribution in [0.2, 0.25) is 0 Å². The summed E-state index contributed by atoms with van der Waals surface area (Å²) in [4.78, 5) is 26.3. The third kappa shape index (κ3) is 4.76. The number of carbonyl (C=O) groups excluding carboxylic acids is 1. The van der Waals surface area contributed by atoms with Gasteiger partial charge >= 0.3 is 0 Å². The Morgan fingerprint density at radius 3 is 2.58 bits per heavy atom. The molecule has 3 aromatic rings. The van der Waals surface area contributed by atoms with E-state index in [4.69, 9.17) is 0 Å². The van der Waals surface area contributed by atoms with Crippen LogP contribution < -0.4 is 16.0 Å². The fourth-order valence-electron chi connectivity index (χ4n) is 4.11. The maximum atomic E-state index is 13.0. The van der Waals surface area contributed by atoms with E-state index < -0.39 is 0 Å². The van der Waals surface area contributed by atoms with Gasteiger partial charge in [-0.15, -0.1) is 0 Å². The van der Waals surface area contributed by atoms with Crippen molar-refractivity contribution in [2.45, 2.75) is 57.5 Å². The zero-order chi connectivity index (χ0) is 21.2. The fraction of sp³-hybridized carbons (Fsp3) is 0.417. The Morgan fingerprint density at radius 2 is 1.77 bits per heavy atom. The van der Waals surface area contributed by atoms with Gasteiger partial charge < -0.3 is 16.0 Å². The molecule has 0 aliphatic heterocycles. The standard InChI is InChI=1S/C24H28N6O/c1-15-2-5-18(6-3-15)28-24(31)19-14-26-23(12-21(19)27-17-7-8-17)30-22-9-4-16-13-25-11-10-20(16)29-22/h4,9-15,17-18H,2-3,5-8H2,1H3,(H,28,31)(H2,26,27,29,30). The lowest BCUT2D eigenvalue weighted by Gasteiger charge is -2.27. The molecular weight excluding hydrogens is 388 g/mol. The van der Waals surface area contributed by atoms with E-state index in [-0.39, 0.29) is 11.9 Å². The van der Waals surface area contributed by atoms with Crippen LogP contribution in [0.1, 0.15) is 55.8 Å². The average Bonchev–Trinajstić information content (AvgIpc) is 3.59. The first-order chi connectivity index (χ1) is 15.1. The summed E-state index contributed by atoms with van der Waals surface area (Å²) in [5.41, 5.74) is 2.30. The second-order valence-corrected chi connectivity index (χ2v) is 8.85. The van der Waals surface area contributed by atoms with Gasteiger partial charge in [0.25, 0.3) is 5.91 Å². The maximum Gasteiger partial charge on any atom is 0.255 e. The van der Waals surface area contributed by atoms with E-state index in [9.17, 15) is 4.79 Å². The molecule has 5 rings (SSSR count). The van der Waals surface area contributed by atoms with E-state index in [1.54, 1.807) is 18.6 Å². The van der Waals surface area contributed by atoms with Gasteiger partial charge in [0.05, 0.1) is 16.8 Å². The summed E-state index contributed by atoms with van der Waals surface area (Å²) in [5.74, 6) is 2.08. The molecule has 3 heterocycles. The van der Waals surface area contributed by atoms with Crippen molar-refractivity contribution in [3.8, 4) is 0 Å². The van der Waals surface area contributed by atoms with Crippen LogP contribution in [0.15, 0.2) is 42.9 Å². The smallest absolute Gasteiger partial charge is 0.255 e. The molecule has 160 valence electrons. The monoisotopic (exact) mass is 416 g/mol. The molecule has 1 amide bonds. The molecule has 0 unspecified atom stereocenters. The lowest BCUT2D eigenvalue weighted by atomic mass is 9.87. The molecule has 2 aliphatic rings. The number of carbonyl (C=O) groups is 1. The summed E-state index contributed by atoms with van der Waals surface area (Å²) in [5, 5.41) is 11.0. The number of hydrogen-bond acceptors (Lipinski definition) is 6. The van der Waals surface area contributed by atoms with Crippen LogP contribution in [0.5, 0.6) is 0 Å². The summed E-state index contributed by atoms with van der Waals surface area (Å²) in [7, 11) is 0. The van der Waals surface area contributed by atoms with Gasteiger partial charge in [0.2, 0.25) is 0 Å². The fourth-order valence-corrected chi connectivity index (χ4v) is 4.11. The Kier molecular flexibility index (Phi) is 5.40. The van der Waals surface area contributed by atoms with Gasteiger partial charge in [-0.3, -0.25) is 9.78 Å². The van der Waals surface area contributed by atoms with Gasteiger partial charge in [0.1, 0.15) is 11.6 Å². The minimum absolute atomic E-state index is 0.0434. The molecule has 3 N–H and O–H groups in total. The highest BCUT2D eigenvalue weighted by Crippen LogP contribution is 2.30. The average molecular weight is 417 g/mol. The molecule has 7 heteroatoms. The lowest BCUT2D eigenvalue weighted by Crippen LogP contribution is -2.37. The van der Waals surface area contributed by atoms with Crippen molar-refractivity contribution in [2.24, 2.45) is 5.92 Å². The lowest BCUT2D eigenvalue weighted by molar-refractivity contribution is 0.0923. The quantitative estimate of drug-likeness (QED) is 0.542. The first-order valence-corrected chi connectivity index (χ1v) is 11.2. The molecule has 31 heavy (non-hydrogen) atoms. The van der Waals surface area contributed by atoms with E-state index in [1.165, 1.54) is 12.8 Å². The Labute approximate surface area is 182 Å². The van der Waals surface area contributed by atoms with E-state index >= 15 is 0 Å². The number of amides is 1. The molecule has 0 radical (unpaired) electrons. The highest BCUT2D eigenvalue weighted by molar-refractivity contribution is 6.00. The van der Waals surface area contributed by atoms with Gasteiger partial charge in [0, 0.05) is 42.1 Å². The molecule has 0 saturated heterocycles. The van der Waals surface area contributed by atoms with Crippen molar-refractivity contribution >= 4 is 34.1 Å². The van der Waals surface area contributed by atoms with Crippen molar-refractivity contribution in [2.75, 3.05) is 10.6 Å². The van der Waals surface area contributed by atoms with Gasteiger partial charge in [0.15, 0.2) is 0 Å². The number of anilines is 3. The number of rotatable bonds is 6. The molecular formula is C24H28N6O. The number of hydrogen-bond donors (Lipinski definition) is 3. The summed E-state index contributed by atoms with van der Waals surface area (Å²) in [6.45, 7) is 2.28. The van der Waals surface area contributed by atoms with E-state index in [2.05, 4.69) is 37.8 Å². The van der Waals surface area contributed by atoms with Crippen molar-refractivity contribution in [1.82, 2.24) is 20.3 Å². The third-order valence-electron chi connectivity index (χ3n) is 6.18. The third-order valence-corrected chi connectivity index (χ3v) is 6.18. The Balaban J connectivity index is 1.34. The molecule has 0 atom stereocenters. The molecule has 2 saturated carbocycles. The second-order valence-electron chi connectivity index (χ2n) is 8.85. The van der Waals surface area contributed by atoms with Gasteiger partial charge in [-0.25, -0.2) is 9.97 Å². The normalized spacial score (nSPS) is 20.9. The maximum absolute atomic E-state index is 13.0. The first-order valence-electron chi connectivity index (χ1n) is 11.2. The van der Waals surface area contributed by atoms with Gasteiger partial charge in [-0.2, -0.15) is 0 Å². The van der Waals surface area contributed by atoms with E-state index in [1.807, 2.05) is 24.3 Å². The number of pyridine rings is 3. The van der Waals surface area contributed by atoms with Crippen LogP contribution in [0.3, 0.4) is 0 Å². The number of aromatic nitrogens is 3. The predicted octanol–water partition coefficient (Wildman–Crippen LogP) is 4.65. The Hall–Kier alpha value is -3.22. The van der Waals surface area contributed by atoms with E-state index in [0.29, 0.717) is 23.2 Å². The number of nitrogens with one attached hydrogen (secondary N) is 3. The van der Waals surface area contributed by atoms with Gasteiger partial charge in [-0.1, -0.05) is 6.92 Å². The SMILES string of the molecule is CC1CCC(NC(=O)c2cnc(Nc3ccc4cnccc4n3)cc2NC2CC2)CC1. The molecule has 2 aliphatic carbocycles. The number of nitrogens with zero attached hydrogens (tertiary/aromatic N) is 3. The first kappa shape index (κ1) is 19.7. The minimum atomic E-state index is -0.0434. The predicted molar refractivity (Wildman–Crippen MR) is 123 cm³/mol. The molecule has 7 nitrogen and oxygen atoms in total. The largest absolute Gasteiger partial charge is 0.382 e. The summed E-state index contributed by atoms with van der Waals surface area (Å²) in [6, 6.07) is 8.37. The molecule has 0 spiro atoms. The summed E-state index contributed by atoms with van der Waals surface area (Å²) >= 11 is 0. The van der Waals surface area contributed by atoms with Crippen LogP contribution in [0.25, 0.3) is 10.9 Å². The molecule has 3 aromatic heterocycles. The molecule has 0 bridgehead atoms. The molecule has 2 fully saturated rings. The highest BCUT2D eigenvalue weighted by Gasteiger charge is 2.26. The van der Waals surface area contributed by atoms with Crippen LogP contribution in [0.4, 0.5) is 17.3 Å². The van der Waals surface area contributed by atoms with Crippen molar-refractivity contribution in [3.05, 3.63) is 48.4 Å². The Morgan fingerprint density at radius 1 is 0.968 bits per heavy atom. The van der Waals surface area contributed by atoms with Crippen molar-refractivity contribution in [1.29, 1.82) is 0 Å². The van der Waals surface area contributed by atoms with Crippen molar-refractivity contribution in [3.63, 3.8) is 0 Å². The Bertz CT molecular complexity index is 1090. The minimum Gasteiger partial charge on any atom is -0.382 e.